The molecule has 28 heavy (non-hydrogen) atoms. The summed E-state index contributed by atoms with van der Waals surface area (Å²) in [5.74, 6) is 5.75. The normalized spacial score (nSPS) is 15.7. The van der Waals surface area contributed by atoms with Gasteiger partial charge in [-0.15, -0.1) is 0 Å². The van der Waals surface area contributed by atoms with Crippen LogP contribution in [0.25, 0.3) is 11.0 Å². The highest BCUT2D eigenvalue weighted by Gasteiger charge is 2.33. The number of hydrogen-bond donors (Lipinski definition) is 1. The summed E-state index contributed by atoms with van der Waals surface area (Å²) in [4.78, 5) is 23.2. The number of carbonyl (C=O) groups excluding carboxylic acids is 1. The summed E-state index contributed by atoms with van der Waals surface area (Å²) in [5, 5.41) is 11.3. The maximum Gasteiger partial charge on any atom is 0.274 e. The topological polar surface area (TPSA) is 66.3 Å². The maximum absolute atomic E-state index is 12.8. The summed E-state index contributed by atoms with van der Waals surface area (Å²) in [7, 11) is 0. The molecule has 1 aliphatic rings. The van der Waals surface area contributed by atoms with Crippen molar-refractivity contribution in [1.29, 1.82) is 0 Å². The molecule has 1 aliphatic heterocycles. The quantitative estimate of drug-likeness (QED) is 0.646. The van der Waals surface area contributed by atoms with Crippen molar-refractivity contribution < 1.29 is 9.90 Å². The van der Waals surface area contributed by atoms with Crippen LogP contribution in [-0.4, -0.2) is 44.6 Å². The molecule has 1 saturated heterocycles. The zero-order valence-corrected chi connectivity index (χ0v) is 15.9. The number of para-hydroxylation sites is 2. The SMILES string of the molecule is O=C(c1cnc2ccccc2n1)N1CCC(O)(C#Cc2cccc(Cl)c2)CC1. The standard InChI is InChI=1S/C22H18ClN3O2/c23-17-5-3-4-16(14-17)8-9-22(28)10-12-26(13-11-22)21(27)20-15-24-18-6-1-2-7-19(18)25-20/h1-7,14-15,28H,10-13H2. The van der Waals surface area contributed by atoms with E-state index in [4.69, 9.17) is 11.6 Å². The summed E-state index contributed by atoms with van der Waals surface area (Å²) in [6, 6.07) is 14.6. The van der Waals surface area contributed by atoms with Crippen molar-refractivity contribution in [2.75, 3.05) is 13.1 Å². The Kier molecular flexibility index (Phi) is 4.99. The Labute approximate surface area is 168 Å². The lowest BCUT2D eigenvalue weighted by Gasteiger charge is -2.34. The van der Waals surface area contributed by atoms with Gasteiger partial charge in [-0.05, 0) is 30.3 Å². The molecule has 1 N–H and O–H groups in total. The number of nitrogens with zero attached hydrogens (tertiary/aromatic N) is 3. The minimum atomic E-state index is -1.12. The number of rotatable bonds is 1. The third-order valence-electron chi connectivity index (χ3n) is 4.81. The van der Waals surface area contributed by atoms with Gasteiger partial charge in [0, 0.05) is 36.5 Å². The third kappa shape index (κ3) is 3.99. The van der Waals surface area contributed by atoms with Crippen LogP contribution < -0.4 is 0 Å². The number of piperidine rings is 1. The van der Waals surface area contributed by atoms with Crippen molar-refractivity contribution in [2.24, 2.45) is 0 Å². The van der Waals surface area contributed by atoms with E-state index in [1.807, 2.05) is 36.4 Å². The smallest absolute Gasteiger partial charge is 0.274 e. The zero-order valence-electron chi connectivity index (χ0n) is 15.1. The average Bonchev–Trinajstić information content (AvgIpc) is 2.72. The molecule has 0 radical (unpaired) electrons. The zero-order chi connectivity index (χ0) is 19.6. The van der Waals surface area contributed by atoms with Crippen molar-refractivity contribution in [1.82, 2.24) is 14.9 Å². The Bertz CT molecular complexity index is 1100. The molecule has 4 rings (SSSR count). The van der Waals surface area contributed by atoms with Crippen molar-refractivity contribution in [3.8, 4) is 11.8 Å². The molecule has 0 aliphatic carbocycles. The predicted molar refractivity (Wildman–Crippen MR) is 108 cm³/mol. The van der Waals surface area contributed by atoms with E-state index in [2.05, 4.69) is 21.8 Å². The fourth-order valence-electron chi connectivity index (χ4n) is 3.18. The molecular weight excluding hydrogens is 374 g/mol. The Morgan fingerprint density at radius 2 is 1.86 bits per heavy atom. The predicted octanol–water partition coefficient (Wildman–Crippen LogP) is 3.30. The summed E-state index contributed by atoms with van der Waals surface area (Å²) >= 11 is 5.96. The molecule has 0 spiro atoms. The number of benzene rings is 2. The molecule has 2 heterocycles. The first-order chi connectivity index (χ1) is 13.5. The highest BCUT2D eigenvalue weighted by Crippen LogP contribution is 2.23. The van der Waals surface area contributed by atoms with Gasteiger partial charge in [-0.3, -0.25) is 9.78 Å². The van der Waals surface area contributed by atoms with Crippen molar-refractivity contribution in [3.05, 3.63) is 71.0 Å². The second-order valence-electron chi connectivity index (χ2n) is 6.83. The van der Waals surface area contributed by atoms with E-state index in [0.717, 1.165) is 11.1 Å². The minimum Gasteiger partial charge on any atom is -0.377 e. The molecule has 2 aromatic carbocycles. The van der Waals surface area contributed by atoms with Crippen molar-refractivity contribution in [3.63, 3.8) is 0 Å². The van der Waals surface area contributed by atoms with Crippen LogP contribution >= 0.6 is 11.6 Å². The third-order valence-corrected chi connectivity index (χ3v) is 5.04. The maximum atomic E-state index is 12.8. The van der Waals surface area contributed by atoms with Gasteiger partial charge in [0.05, 0.1) is 17.2 Å². The molecule has 1 fully saturated rings. The fourth-order valence-corrected chi connectivity index (χ4v) is 3.37. The average molecular weight is 392 g/mol. The molecular formula is C22H18ClN3O2. The van der Waals surface area contributed by atoms with Gasteiger partial charge in [-0.25, -0.2) is 4.98 Å². The Hall–Kier alpha value is -2.94. The molecule has 5 nitrogen and oxygen atoms in total. The monoisotopic (exact) mass is 391 g/mol. The Balaban J connectivity index is 1.45. The van der Waals surface area contributed by atoms with E-state index < -0.39 is 5.60 Å². The van der Waals surface area contributed by atoms with Crippen LogP contribution in [0.5, 0.6) is 0 Å². The van der Waals surface area contributed by atoms with E-state index in [-0.39, 0.29) is 5.91 Å². The number of aromatic nitrogens is 2. The van der Waals surface area contributed by atoms with Gasteiger partial charge < -0.3 is 10.0 Å². The van der Waals surface area contributed by atoms with Gasteiger partial charge in [-0.1, -0.05) is 41.6 Å². The van der Waals surface area contributed by atoms with Gasteiger partial charge in [0.2, 0.25) is 0 Å². The first-order valence-corrected chi connectivity index (χ1v) is 9.42. The highest BCUT2D eigenvalue weighted by molar-refractivity contribution is 6.30. The molecule has 3 aromatic rings. The van der Waals surface area contributed by atoms with Crippen LogP contribution in [0.15, 0.2) is 54.7 Å². The molecule has 0 bridgehead atoms. The Morgan fingerprint density at radius 1 is 1.11 bits per heavy atom. The minimum absolute atomic E-state index is 0.178. The van der Waals surface area contributed by atoms with Crippen LogP contribution in [0.4, 0.5) is 0 Å². The van der Waals surface area contributed by atoms with E-state index >= 15 is 0 Å². The van der Waals surface area contributed by atoms with Crippen LogP contribution in [0.1, 0.15) is 28.9 Å². The summed E-state index contributed by atoms with van der Waals surface area (Å²) in [6.07, 6.45) is 2.27. The molecule has 0 atom stereocenters. The lowest BCUT2D eigenvalue weighted by atomic mass is 9.91. The molecule has 0 unspecified atom stereocenters. The van der Waals surface area contributed by atoms with Gasteiger partial charge >= 0.3 is 0 Å². The van der Waals surface area contributed by atoms with Gasteiger partial charge in [0.15, 0.2) is 0 Å². The van der Waals surface area contributed by atoms with Gasteiger partial charge in [-0.2, -0.15) is 0 Å². The number of aliphatic hydroxyl groups is 1. The van der Waals surface area contributed by atoms with Crippen LogP contribution in [0, 0.1) is 11.8 Å². The molecule has 1 aromatic heterocycles. The molecule has 140 valence electrons. The van der Waals surface area contributed by atoms with Gasteiger partial charge in [0.1, 0.15) is 11.3 Å². The lowest BCUT2D eigenvalue weighted by molar-refractivity contribution is 0.0246. The summed E-state index contributed by atoms with van der Waals surface area (Å²) < 4.78 is 0. The summed E-state index contributed by atoms with van der Waals surface area (Å²) in [5.41, 5.74) is 1.39. The lowest BCUT2D eigenvalue weighted by Crippen LogP contribution is -2.46. The van der Waals surface area contributed by atoms with Crippen LogP contribution in [-0.2, 0) is 0 Å². The number of carbonyl (C=O) groups is 1. The van der Waals surface area contributed by atoms with Crippen molar-refractivity contribution in [2.45, 2.75) is 18.4 Å². The second kappa shape index (κ2) is 7.59. The van der Waals surface area contributed by atoms with Crippen LogP contribution in [0.2, 0.25) is 5.02 Å². The van der Waals surface area contributed by atoms with E-state index in [0.29, 0.717) is 42.2 Å². The number of hydrogen-bond acceptors (Lipinski definition) is 4. The molecule has 0 saturated carbocycles. The highest BCUT2D eigenvalue weighted by atomic mass is 35.5. The largest absolute Gasteiger partial charge is 0.377 e. The number of amides is 1. The van der Waals surface area contributed by atoms with E-state index in [1.54, 1.807) is 17.0 Å². The summed E-state index contributed by atoms with van der Waals surface area (Å²) in [6.45, 7) is 0.822. The number of fused-ring (bicyclic) bond motifs is 1. The number of halogens is 1. The van der Waals surface area contributed by atoms with Gasteiger partial charge in [0.25, 0.3) is 5.91 Å². The number of likely N-dealkylation sites (tertiary alicyclic amines) is 1. The molecule has 1 amide bonds. The van der Waals surface area contributed by atoms with E-state index in [9.17, 15) is 9.90 Å². The second-order valence-corrected chi connectivity index (χ2v) is 7.26. The first kappa shape index (κ1) is 18.4. The first-order valence-electron chi connectivity index (χ1n) is 9.05. The van der Waals surface area contributed by atoms with Crippen molar-refractivity contribution >= 4 is 28.5 Å². The van der Waals surface area contributed by atoms with E-state index in [1.165, 1.54) is 6.20 Å². The van der Waals surface area contributed by atoms with Crippen LogP contribution in [0.3, 0.4) is 0 Å². The fraction of sp³-hybridized carbons (Fsp3) is 0.227. The molecule has 6 heteroatoms. The Morgan fingerprint density at radius 3 is 2.61 bits per heavy atom.